The minimum absolute atomic E-state index is 0.179. The van der Waals surface area contributed by atoms with E-state index in [9.17, 15) is 4.79 Å². The molecule has 2 aromatic carbocycles. The molecule has 1 aliphatic heterocycles. The largest absolute Gasteiger partial charge is 0.493 e. The summed E-state index contributed by atoms with van der Waals surface area (Å²) < 4.78 is 11.0. The zero-order valence-corrected chi connectivity index (χ0v) is 19.0. The Morgan fingerprint density at radius 2 is 1.72 bits per heavy atom. The zero-order chi connectivity index (χ0) is 22.5. The molecule has 0 aliphatic carbocycles. The number of aromatic nitrogens is 2. The number of anilines is 1. The van der Waals surface area contributed by atoms with Crippen molar-refractivity contribution in [2.24, 2.45) is 0 Å². The first kappa shape index (κ1) is 21.9. The van der Waals surface area contributed by atoms with Crippen molar-refractivity contribution < 1.29 is 14.3 Å². The van der Waals surface area contributed by atoms with Gasteiger partial charge in [0.15, 0.2) is 17.3 Å². The van der Waals surface area contributed by atoms with Crippen LogP contribution < -0.4 is 14.4 Å². The number of benzene rings is 2. The monoisotopic (exact) mass is 434 g/mol. The fourth-order valence-corrected chi connectivity index (χ4v) is 4.10. The summed E-state index contributed by atoms with van der Waals surface area (Å²) in [6.45, 7) is 7.44. The number of fused-ring (bicyclic) bond motifs is 1. The molecule has 1 saturated heterocycles. The summed E-state index contributed by atoms with van der Waals surface area (Å²) in [5.41, 5.74) is 3.80. The minimum Gasteiger partial charge on any atom is -0.493 e. The zero-order valence-electron chi connectivity index (χ0n) is 19.0. The number of piperazine rings is 1. The van der Waals surface area contributed by atoms with Crippen molar-refractivity contribution in [2.75, 3.05) is 44.8 Å². The van der Waals surface area contributed by atoms with Gasteiger partial charge < -0.3 is 19.3 Å². The SMILES string of the molecule is CCOc1ccc(CCC(=O)N2CCN(c3nc4ccccc4nc3C)CC2)cc1OC. The number of carbonyl (C=O) groups excluding carboxylic acids is 1. The number of para-hydroxylation sites is 2. The van der Waals surface area contributed by atoms with Gasteiger partial charge in [-0.1, -0.05) is 18.2 Å². The molecule has 7 nitrogen and oxygen atoms in total. The van der Waals surface area contributed by atoms with Crippen molar-refractivity contribution in [3.05, 3.63) is 53.7 Å². The summed E-state index contributed by atoms with van der Waals surface area (Å²) in [5.74, 6) is 2.53. The molecule has 0 atom stereocenters. The van der Waals surface area contributed by atoms with Crippen molar-refractivity contribution in [2.45, 2.75) is 26.7 Å². The first-order valence-electron chi connectivity index (χ1n) is 11.1. The Labute approximate surface area is 189 Å². The van der Waals surface area contributed by atoms with Crippen LogP contribution in [0.15, 0.2) is 42.5 Å². The van der Waals surface area contributed by atoms with E-state index in [0.717, 1.165) is 46.9 Å². The van der Waals surface area contributed by atoms with Gasteiger partial charge >= 0.3 is 0 Å². The number of nitrogens with zero attached hydrogens (tertiary/aromatic N) is 4. The third-order valence-corrected chi connectivity index (χ3v) is 5.81. The highest BCUT2D eigenvalue weighted by atomic mass is 16.5. The lowest BCUT2D eigenvalue weighted by Crippen LogP contribution is -2.49. The molecular weight excluding hydrogens is 404 g/mol. The maximum absolute atomic E-state index is 12.8. The lowest BCUT2D eigenvalue weighted by atomic mass is 10.1. The van der Waals surface area contributed by atoms with Crippen molar-refractivity contribution in [1.82, 2.24) is 14.9 Å². The molecule has 2 heterocycles. The van der Waals surface area contributed by atoms with Gasteiger partial charge in [-0.25, -0.2) is 9.97 Å². The molecule has 0 unspecified atom stereocenters. The van der Waals surface area contributed by atoms with Gasteiger partial charge in [0.1, 0.15) is 0 Å². The first-order chi connectivity index (χ1) is 15.6. The van der Waals surface area contributed by atoms with E-state index in [0.29, 0.717) is 38.3 Å². The van der Waals surface area contributed by atoms with Crippen molar-refractivity contribution in [3.8, 4) is 11.5 Å². The Morgan fingerprint density at radius 3 is 2.41 bits per heavy atom. The van der Waals surface area contributed by atoms with Gasteiger partial charge in [0.05, 0.1) is 30.4 Å². The van der Waals surface area contributed by atoms with Crippen LogP contribution in [0.25, 0.3) is 11.0 Å². The smallest absolute Gasteiger partial charge is 0.223 e. The second-order valence-electron chi connectivity index (χ2n) is 7.91. The predicted molar refractivity (Wildman–Crippen MR) is 126 cm³/mol. The van der Waals surface area contributed by atoms with Crippen LogP contribution in [-0.2, 0) is 11.2 Å². The highest BCUT2D eigenvalue weighted by Gasteiger charge is 2.23. The molecule has 1 amide bonds. The fourth-order valence-electron chi connectivity index (χ4n) is 4.10. The molecule has 0 radical (unpaired) electrons. The van der Waals surface area contributed by atoms with E-state index in [4.69, 9.17) is 19.4 Å². The van der Waals surface area contributed by atoms with Gasteiger partial charge in [-0.2, -0.15) is 0 Å². The van der Waals surface area contributed by atoms with E-state index in [1.165, 1.54) is 0 Å². The molecule has 0 N–H and O–H groups in total. The molecule has 4 rings (SSSR count). The molecule has 0 bridgehead atoms. The van der Waals surface area contributed by atoms with E-state index in [-0.39, 0.29) is 5.91 Å². The molecule has 0 saturated carbocycles. The molecule has 7 heteroatoms. The number of hydrogen-bond donors (Lipinski definition) is 0. The van der Waals surface area contributed by atoms with Crippen molar-refractivity contribution in [3.63, 3.8) is 0 Å². The Morgan fingerprint density at radius 1 is 1.00 bits per heavy atom. The Bertz CT molecular complexity index is 1090. The summed E-state index contributed by atoms with van der Waals surface area (Å²) in [4.78, 5) is 26.5. The van der Waals surface area contributed by atoms with Gasteiger partial charge in [0.2, 0.25) is 5.91 Å². The Kier molecular flexibility index (Phi) is 6.73. The second-order valence-corrected chi connectivity index (χ2v) is 7.91. The number of rotatable bonds is 7. The van der Waals surface area contributed by atoms with Crippen molar-refractivity contribution in [1.29, 1.82) is 0 Å². The number of ether oxygens (including phenoxy) is 2. The van der Waals surface area contributed by atoms with E-state index >= 15 is 0 Å². The lowest BCUT2D eigenvalue weighted by molar-refractivity contribution is -0.131. The molecule has 32 heavy (non-hydrogen) atoms. The molecule has 168 valence electrons. The van der Waals surface area contributed by atoms with Crippen LogP contribution in [0.2, 0.25) is 0 Å². The third-order valence-electron chi connectivity index (χ3n) is 5.81. The second kappa shape index (κ2) is 9.85. The number of methoxy groups -OCH3 is 1. The van der Waals surface area contributed by atoms with Crippen LogP contribution in [-0.4, -0.2) is 60.7 Å². The first-order valence-corrected chi connectivity index (χ1v) is 11.1. The minimum atomic E-state index is 0.179. The normalized spacial score (nSPS) is 14.0. The summed E-state index contributed by atoms with van der Waals surface area (Å²) in [7, 11) is 1.63. The van der Waals surface area contributed by atoms with Gasteiger partial charge in [-0.05, 0) is 50.1 Å². The number of hydrogen-bond acceptors (Lipinski definition) is 6. The molecular formula is C25H30N4O3. The van der Waals surface area contributed by atoms with Crippen molar-refractivity contribution >= 4 is 22.8 Å². The van der Waals surface area contributed by atoms with Crippen LogP contribution in [0.3, 0.4) is 0 Å². The highest BCUT2D eigenvalue weighted by Crippen LogP contribution is 2.28. The fraction of sp³-hybridized carbons (Fsp3) is 0.400. The van der Waals surface area contributed by atoms with E-state index < -0.39 is 0 Å². The Balaban J connectivity index is 1.33. The summed E-state index contributed by atoms with van der Waals surface area (Å²) >= 11 is 0. The van der Waals surface area contributed by atoms with Gasteiger partial charge in [0.25, 0.3) is 0 Å². The maximum atomic E-state index is 12.8. The van der Waals surface area contributed by atoms with Gasteiger partial charge in [-0.15, -0.1) is 0 Å². The van der Waals surface area contributed by atoms with Crippen LogP contribution in [0.5, 0.6) is 11.5 Å². The number of carbonyl (C=O) groups is 1. The quantitative estimate of drug-likeness (QED) is 0.566. The van der Waals surface area contributed by atoms with Crippen LogP contribution in [0.1, 0.15) is 24.6 Å². The lowest BCUT2D eigenvalue weighted by Gasteiger charge is -2.36. The van der Waals surface area contributed by atoms with Crippen LogP contribution in [0, 0.1) is 6.92 Å². The predicted octanol–water partition coefficient (Wildman–Crippen LogP) is 3.63. The van der Waals surface area contributed by atoms with Gasteiger partial charge in [0, 0.05) is 32.6 Å². The molecule has 0 spiro atoms. The van der Waals surface area contributed by atoms with E-state index in [1.54, 1.807) is 7.11 Å². The topological polar surface area (TPSA) is 67.8 Å². The molecule has 3 aromatic rings. The van der Waals surface area contributed by atoms with Crippen LogP contribution in [0.4, 0.5) is 5.82 Å². The Hall–Kier alpha value is -3.35. The average Bonchev–Trinajstić information content (AvgIpc) is 2.83. The van der Waals surface area contributed by atoms with Gasteiger partial charge in [-0.3, -0.25) is 4.79 Å². The third kappa shape index (κ3) is 4.77. The maximum Gasteiger partial charge on any atom is 0.223 e. The standard InChI is InChI=1S/C25H30N4O3/c1-4-32-22-11-9-19(17-23(22)31-3)10-12-24(30)28-13-15-29(16-14-28)25-18(2)26-20-7-5-6-8-21(20)27-25/h5-9,11,17H,4,10,12-16H2,1-3H3. The molecule has 1 aliphatic rings. The van der Waals surface area contributed by atoms with Crippen LogP contribution >= 0.6 is 0 Å². The number of aryl methyl sites for hydroxylation is 2. The number of amides is 1. The molecule has 1 aromatic heterocycles. The van der Waals surface area contributed by atoms with E-state index in [1.807, 2.05) is 61.2 Å². The highest BCUT2D eigenvalue weighted by molar-refractivity contribution is 5.78. The summed E-state index contributed by atoms with van der Waals surface area (Å²) in [6, 6.07) is 13.8. The average molecular weight is 435 g/mol. The molecule has 1 fully saturated rings. The van der Waals surface area contributed by atoms with E-state index in [2.05, 4.69) is 4.90 Å². The summed E-state index contributed by atoms with van der Waals surface area (Å²) in [5, 5.41) is 0. The summed E-state index contributed by atoms with van der Waals surface area (Å²) in [6.07, 6.45) is 1.16.